The van der Waals surface area contributed by atoms with Gasteiger partial charge < -0.3 is 15.3 Å². The third-order valence-electron chi connectivity index (χ3n) is 5.57. The van der Waals surface area contributed by atoms with Gasteiger partial charge in [-0.3, -0.25) is 9.59 Å². The van der Waals surface area contributed by atoms with Crippen LogP contribution in [0.5, 0.6) is 5.75 Å². The maximum atomic E-state index is 13.3. The Balaban J connectivity index is 1.58. The van der Waals surface area contributed by atoms with Gasteiger partial charge >= 0.3 is 6.18 Å². The first-order valence-corrected chi connectivity index (χ1v) is 10.9. The number of halogens is 6. The normalized spacial score (nSPS) is 15.1. The third-order valence-corrected chi connectivity index (χ3v) is 6.16. The molecule has 1 aliphatic rings. The number of carbonyl (C=O) groups excluding carboxylic acids is 2. The van der Waals surface area contributed by atoms with Crippen LogP contribution in [-0.4, -0.2) is 23.3 Å². The lowest BCUT2D eigenvalue weighted by Crippen LogP contribution is -2.32. The maximum absolute atomic E-state index is 13.3. The monoisotopic (exact) mass is 526 g/mol. The van der Waals surface area contributed by atoms with E-state index in [-0.39, 0.29) is 18.0 Å². The number of anilines is 2. The molecule has 11 heteroatoms. The fourth-order valence-corrected chi connectivity index (χ4v) is 4.48. The number of Topliss-reactive ketones (excluding diaryl/α,β-unsaturated/α-hetero) is 1. The Hall–Kier alpha value is -3.30. The average molecular weight is 527 g/mol. The fourth-order valence-electron chi connectivity index (χ4n) is 3.90. The zero-order valence-corrected chi connectivity index (χ0v) is 19.2. The van der Waals surface area contributed by atoms with Crippen molar-refractivity contribution in [3.8, 4) is 5.75 Å². The summed E-state index contributed by atoms with van der Waals surface area (Å²) >= 11 is 11.8. The summed E-state index contributed by atoms with van der Waals surface area (Å²) in [5.74, 6) is -3.52. The Morgan fingerprint density at radius 2 is 1.66 bits per heavy atom. The number of fused-ring (bicyclic) bond motifs is 1. The molecule has 182 valence electrons. The number of ketones is 1. The zero-order chi connectivity index (χ0) is 25.5. The molecule has 0 saturated heterocycles. The van der Waals surface area contributed by atoms with Crippen LogP contribution >= 0.6 is 23.2 Å². The maximum Gasteiger partial charge on any atom is 0.416 e. The van der Waals surface area contributed by atoms with Gasteiger partial charge in [0.15, 0.2) is 0 Å². The highest BCUT2D eigenvalue weighted by atomic mass is 35.5. The third kappa shape index (κ3) is 5.21. The van der Waals surface area contributed by atoms with Gasteiger partial charge in [0.05, 0.1) is 27.2 Å². The van der Waals surface area contributed by atoms with E-state index in [1.54, 1.807) is 23.1 Å². The Bertz CT molecular complexity index is 1290. The van der Waals surface area contributed by atoms with Gasteiger partial charge in [-0.05, 0) is 53.6 Å². The first-order valence-electron chi connectivity index (χ1n) is 10.2. The quantitative estimate of drug-likeness (QED) is 0.308. The van der Waals surface area contributed by atoms with Gasteiger partial charge in [-0.25, -0.2) is 4.39 Å². The molecule has 3 aromatic rings. The van der Waals surface area contributed by atoms with Crippen LogP contribution in [0.2, 0.25) is 10.0 Å². The Morgan fingerprint density at radius 1 is 1.03 bits per heavy atom. The fraction of sp³-hybridized carbons (Fsp3) is 0.167. The first kappa shape index (κ1) is 24.8. The second kappa shape index (κ2) is 9.39. The molecule has 0 fully saturated rings. The van der Waals surface area contributed by atoms with Gasteiger partial charge in [-0.1, -0.05) is 35.3 Å². The number of carbonyl (C=O) groups is 2. The number of benzene rings is 3. The number of phenolic OH excluding ortho intramolecular Hbond substituents is 1. The van der Waals surface area contributed by atoms with Gasteiger partial charge in [0.25, 0.3) is 5.91 Å². The molecule has 0 bridgehead atoms. The highest BCUT2D eigenvalue weighted by Gasteiger charge is 2.38. The predicted octanol–water partition coefficient (Wildman–Crippen LogP) is 6.17. The molecule has 0 aromatic heterocycles. The van der Waals surface area contributed by atoms with Crippen LogP contribution < -0.4 is 10.2 Å². The van der Waals surface area contributed by atoms with Crippen molar-refractivity contribution in [1.82, 2.24) is 0 Å². The van der Waals surface area contributed by atoms with Crippen molar-refractivity contribution < 1.29 is 32.3 Å². The van der Waals surface area contributed by atoms with Gasteiger partial charge in [0.2, 0.25) is 5.78 Å². The van der Waals surface area contributed by atoms with E-state index < -0.39 is 45.2 Å². The molecule has 1 atom stereocenters. The molecule has 5 nitrogen and oxygen atoms in total. The van der Waals surface area contributed by atoms with Gasteiger partial charge in [0, 0.05) is 18.8 Å². The van der Waals surface area contributed by atoms with E-state index in [0.717, 1.165) is 5.56 Å². The summed E-state index contributed by atoms with van der Waals surface area (Å²) < 4.78 is 52.1. The van der Waals surface area contributed by atoms with Crippen molar-refractivity contribution in [2.24, 2.45) is 0 Å². The van der Waals surface area contributed by atoms with Crippen LogP contribution in [0.4, 0.5) is 28.9 Å². The number of hydrogen-bond acceptors (Lipinski definition) is 4. The van der Waals surface area contributed by atoms with Gasteiger partial charge in [0.1, 0.15) is 11.6 Å². The number of alkyl halides is 3. The minimum absolute atomic E-state index is 0.0803. The summed E-state index contributed by atoms with van der Waals surface area (Å²) in [5, 5.41) is 11.2. The van der Waals surface area contributed by atoms with E-state index in [9.17, 15) is 32.3 Å². The van der Waals surface area contributed by atoms with Gasteiger partial charge in [-0.15, -0.1) is 0 Å². The van der Waals surface area contributed by atoms with E-state index in [4.69, 9.17) is 23.2 Å². The molecule has 35 heavy (non-hydrogen) atoms. The summed E-state index contributed by atoms with van der Waals surface area (Å²) in [7, 11) is 0. The van der Waals surface area contributed by atoms with E-state index >= 15 is 0 Å². The second-order valence-electron chi connectivity index (χ2n) is 7.93. The van der Waals surface area contributed by atoms with Crippen molar-refractivity contribution in [2.45, 2.75) is 18.6 Å². The molecule has 4 rings (SSSR count). The molecular formula is C24H16Cl2F4N2O3. The molecule has 1 amide bonds. The van der Waals surface area contributed by atoms with Crippen molar-refractivity contribution in [2.75, 3.05) is 16.8 Å². The number of nitrogens with zero attached hydrogens (tertiary/aromatic N) is 1. The van der Waals surface area contributed by atoms with Crippen LogP contribution in [0.25, 0.3) is 0 Å². The molecule has 3 aromatic carbocycles. The molecular weight excluding hydrogens is 511 g/mol. The lowest BCUT2D eigenvalue weighted by molar-refractivity contribution is -0.137. The Kier molecular flexibility index (Phi) is 6.66. The highest BCUT2D eigenvalue weighted by molar-refractivity contribution is 6.46. The SMILES string of the molecule is O=C(Nc1c(Cl)cc(C(F)(F)F)cc1Cl)C(=O)C1CN(Cc2ccc(F)cc2)c2ccc(O)cc21. The lowest BCUT2D eigenvalue weighted by atomic mass is 9.96. The van der Waals surface area contributed by atoms with E-state index in [1.165, 1.54) is 24.3 Å². The van der Waals surface area contributed by atoms with E-state index in [2.05, 4.69) is 5.32 Å². The highest BCUT2D eigenvalue weighted by Crippen LogP contribution is 2.41. The van der Waals surface area contributed by atoms with Crippen LogP contribution in [0.3, 0.4) is 0 Å². The van der Waals surface area contributed by atoms with Crippen molar-refractivity contribution >= 4 is 46.3 Å². The molecule has 0 aliphatic carbocycles. The number of hydrogen-bond donors (Lipinski definition) is 2. The molecule has 0 saturated carbocycles. The number of rotatable bonds is 5. The number of aromatic hydroxyl groups is 1. The summed E-state index contributed by atoms with van der Waals surface area (Å²) in [6.07, 6.45) is -4.70. The summed E-state index contributed by atoms with van der Waals surface area (Å²) in [4.78, 5) is 27.6. The number of phenols is 1. The summed E-state index contributed by atoms with van der Waals surface area (Å²) in [5.41, 5.74) is 0.331. The average Bonchev–Trinajstić information content (AvgIpc) is 3.13. The zero-order valence-electron chi connectivity index (χ0n) is 17.7. The Morgan fingerprint density at radius 3 is 2.26 bits per heavy atom. The molecule has 0 radical (unpaired) electrons. The number of nitrogens with one attached hydrogen (secondary N) is 1. The Labute approximate surface area is 206 Å². The minimum Gasteiger partial charge on any atom is -0.508 e. The molecule has 0 spiro atoms. The topological polar surface area (TPSA) is 69.6 Å². The van der Waals surface area contributed by atoms with Crippen molar-refractivity contribution in [1.29, 1.82) is 0 Å². The predicted molar refractivity (Wildman–Crippen MR) is 123 cm³/mol. The van der Waals surface area contributed by atoms with E-state index in [1.807, 2.05) is 0 Å². The van der Waals surface area contributed by atoms with Gasteiger partial charge in [-0.2, -0.15) is 13.2 Å². The minimum atomic E-state index is -4.70. The standard InChI is InChI=1S/C24H16Cl2F4N2O3/c25-18-7-13(24(28,29)30)8-19(26)21(18)31-23(35)22(34)17-11-32(10-12-1-3-14(27)4-2-12)20-6-5-15(33)9-16(17)20/h1-9,17,33H,10-11H2,(H,31,35). The largest absolute Gasteiger partial charge is 0.508 e. The van der Waals surface area contributed by atoms with Crippen molar-refractivity contribution in [3.05, 3.63) is 87.2 Å². The number of amides is 1. The summed E-state index contributed by atoms with van der Waals surface area (Å²) in [6, 6.07) is 11.4. The van der Waals surface area contributed by atoms with E-state index in [0.29, 0.717) is 29.9 Å². The summed E-state index contributed by atoms with van der Waals surface area (Å²) in [6.45, 7) is 0.386. The van der Waals surface area contributed by atoms with Crippen LogP contribution in [0.1, 0.15) is 22.6 Å². The first-order chi connectivity index (χ1) is 16.4. The molecule has 2 N–H and O–H groups in total. The second-order valence-corrected chi connectivity index (χ2v) is 8.75. The van der Waals surface area contributed by atoms with Crippen molar-refractivity contribution in [3.63, 3.8) is 0 Å². The van der Waals surface area contributed by atoms with Crippen LogP contribution in [0.15, 0.2) is 54.6 Å². The molecule has 1 unspecified atom stereocenters. The molecule has 1 heterocycles. The lowest BCUT2D eigenvalue weighted by Gasteiger charge is -2.20. The van der Waals surface area contributed by atoms with Crippen LogP contribution in [-0.2, 0) is 22.3 Å². The van der Waals surface area contributed by atoms with Crippen LogP contribution in [0, 0.1) is 5.82 Å². The molecule has 1 aliphatic heterocycles. The smallest absolute Gasteiger partial charge is 0.416 e.